The SMILES string of the molecule is CCC(CO)(CO)NC1Cc2ccc(Cl)cc2C1. The van der Waals surface area contributed by atoms with Crippen molar-refractivity contribution in [2.75, 3.05) is 13.2 Å². The van der Waals surface area contributed by atoms with E-state index in [1.807, 2.05) is 19.1 Å². The fraction of sp³-hybridized carbons (Fsp3) is 0.571. The minimum absolute atomic E-state index is 0.0480. The summed E-state index contributed by atoms with van der Waals surface area (Å²) in [5, 5.41) is 23.1. The quantitative estimate of drug-likeness (QED) is 0.760. The summed E-state index contributed by atoms with van der Waals surface area (Å²) in [5.74, 6) is 0. The number of aliphatic hydroxyl groups excluding tert-OH is 2. The smallest absolute Gasteiger partial charge is 0.0647 e. The Morgan fingerprint density at radius 3 is 2.56 bits per heavy atom. The van der Waals surface area contributed by atoms with Gasteiger partial charge in [0.05, 0.1) is 18.8 Å². The predicted octanol–water partition coefficient (Wildman–Crippen LogP) is 1.53. The van der Waals surface area contributed by atoms with Gasteiger partial charge in [-0.3, -0.25) is 0 Å². The lowest BCUT2D eigenvalue weighted by molar-refractivity contribution is 0.0784. The number of hydrogen-bond acceptors (Lipinski definition) is 3. The van der Waals surface area contributed by atoms with Crippen LogP contribution in [0.4, 0.5) is 0 Å². The number of nitrogens with one attached hydrogen (secondary N) is 1. The molecule has 1 aliphatic rings. The van der Waals surface area contributed by atoms with E-state index < -0.39 is 5.54 Å². The molecule has 0 heterocycles. The highest BCUT2D eigenvalue weighted by atomic mass is 35.5. The van der Waals surface area contributed by atoms with E-state index in [1.54, 1.807) is 0 Å². The van der Waals surface area contributed by atoms with E-state index >= 15 is 0 Å². The van der Waals surface area contributed by atoms with Crippen LogP contribution in [0.25, 0.3) is 0 Å². The van der Waals surface area contributed by atoms with Crippen LogP contribution in [0.1, 0.15) is 24.5 Å². The van der Waals surface area contributed by atoms with Crippen molar-refractivity contribution >= 4 is 11.6 Å². The summed E-state index contributed by atoms with van der Waals surface area (Å²) in [6.07, 6.45) is 2.53. The molecule has 0 aromatic heterocycles. The molecule has 100 valence electrons. The van der Waals surface area contributed by atoms with Gasteiger partial charge >= 0.3 is 0 Å². The van der Waals surface area contributed by atoms with Crippen molar-refractivity contribution in [3.63, 3.8) is 0 Å². The van der Waals surface area contributed by atoms with Crippen LogP contribution >= 0.6 is 11.6 Å². The first-order valence-electron chi connectivity index (χ1n) is 6.39. The van der Waals surface area contributed by atoms with Gasteiger partial charge in [-0.25, -0.2) is 0 Å². The number of benzene rings is 1. The van der Waals surface area contributed by atoms with Crippen molar-refractivity contribution in [2.45, 2.75) is 37.8 Å². The van der Waals surface area contributed by atoms with Crippen molar-refractivity contribution in [1.29, 1.82) is 0 Å². The fourth-order valence-electron chi connectivity index (χ4n) is 2.59. The van der Waals surface area contributed by atoms with E-state index in [2.05, 4.69) is 11.4 Å². The molecule has 0 amide bonds. The van der Waals surface area contributed by atoms with Crippen LogP contribution in [0.5, 0.6) is 0 Å². The summed E-state index contributed by atoms with van der Waals surface area (Å²) in [4.78, 5) is 0. The predicted molar refractivity (Wildman–Crippen MR) is 73.0 cm³/mol. The third-order valence-corrected chi connectivity index (χ3v) is 4.13. The summed E-state index contributed by atoms with van der Waals surface area (Å²) >= 11 is 5.99. The second-order valence-electron chi connectivity index (χ2n) is 5.11. The monoisotopic (exact) mass is 269 g/mol. The van der Waals surface area contributed by atoms with Crippen LogP contribution in [0.3, 0.4) is 0 Å². The highest BCUT2D eigenvalue weighted by molar-refractivity contribution is 6.30. The molecule has 4 heteroatoms. The Hall–Kier alpha value is -0.610. The molecule has 1 atom stereocenters. The fourth-order valence-corrected chi connectivity index (χ4v) is 2.78. The number of fused-ring (bicyclic) bond motifs is 1. The van der Waals surface area contributed by atoms with E-state index in [4.69, 9.17) is 11.6 Å². The number of halogens is 1. The lowest BCUT2D eigenvalue weighted by Crippen LogP contribution is -2.55. The molecule has 1 unspecified atom stereocenters. The summed E-state index contributed by atoms with van der Waals surface area (Å²) in [7, 11) is 0. The Morgan fingerprint density at radius 2 is 1.94 bits per heavy atom. The summed E-state index contributed by atoms with van der Waals surface area (Å²) < 4.78 is 0. The molecule has 1 aromatic rings. The van der Waals surface area contributed by atoms with Crippen LogP contribution in [-0.4, -0.2) is 35.0 Å². The van der Waals surface area contributed by atoms with Crippen molar-refractivity contribution in [3.05, 3.63) is 34.3 Å². The molecular weight excluding hydrogens is 250 g/mol. The van der Waals surface area contributed by atoms with Crippen LogP contribution in [0.15, 0.2) is 18.2 Å². The Morgan fingerprint density at radius 1 is 1.28 bits per heavy atom. The van der Waals surface area contributed by atoms with Gasteiger partial charge in [0, 0.05) is 11.1 Å². The van der Waals surface area contributed by atoms with Gasteiger partial charge in [-0.05, 0) is 42.5 Å². The van der Waals surface area contributed by atoms with Gasteiger partial charge in [0.2, 0.25) is 0 Å². The summed E-state index contributed by atoms with van der Waals surface area (Å²) in [6.45, 7) is 1.87. The molecule has 0 radical (unpaired) electrons. The van der Waals surface area contributed by atoms with Crippen LogP contribution in [0.2, 0.25) is 5.02 Å². The molecule has 0 saturated heterocycles. The molecule has 0 saturated carbocycles. The highest BCUT2D eigenvalue weighted by Crippen LogP contribution is 2.26. The van der Waals surface area contributed by atoms with Crippen molar-refractivity contribution in [3.8, 4) is 0 Å². The normalized spacial score (nSPS) is 19.0. The molecule has 0 aliphatic heterocycles. The molecule has 2 rings (SSSR count). The topological polar surface area (TPSA) is 52.5 Å². The van der Waals surface area contributed by atoms with E-state index in [9.17, 15) is 10.2 Å². The first kappa shape index (κ1) is 13.8. The van der Waals surface area contributed by atoms with Crippen molar-refractivity contribution < 1.29 is 10.2 Å². The lowest BCUT2D eigenvalue weighted by Gasteiger charge is -2.33. The molecular formula is C14H20ClNO2. The lowest BCUT2D eigenvalue weighted by atomic mass is 9.96. The second-order valence-corrected chi connectivity index (χ2v) is 5.55. The molecule has 1 aromatic carbocycles. The zero-order valence-electron chi connectivity index (χ0n) is 10.6. The van der Waals surface area contributed by atoms with Gasteiger partial charge in [-0.1, -0.05) is 24.6 Å². The van der Waals surface area contributed by atoms with E-state index in [0.717, 1.165) is 17.9 Å². The zero-order chi connectivity index (χ0) is 13.2. The molecule has 0 bridgehead atoms. The van der Waals surface area contributed by atoms with Crippen LogP contribution in [0, 0.1) is 0 Å². The van der Waals surface area contributed by atoms with Crippen LogP contribution < -0.4 is 5.32 Å². The summed E-state index contributed by atoms with van der Waals surface area (Å²) in [6, 6.07) is 6.24. The maximum absolute atomic E-state index is 9.45. The van der Waals surface area contributed by atoms with E-state index in [-0.39, 0.29) is 19.3 Å². The average Bonchev–Trinajstić information content (AvgIpc) is 2.77. The minimum Gasteiger partial charge on any atom is -0.394 e. The molecule has 0 spiro atoms. The highest BCUT2D eigenvalue weighted by Gasteiger charge is 2.32. The molecule has 0 fully saturated rings. The first-order valence-corrected chi connectivity index (χ1v) is 6.77. The molecule has 3 nitrogen and oxygen atoms in total. The van der Waals surface area contributed by atoms with Crippen molar-refractivity contribution in [2.24, 2.45) is 0 Å². The van der Waals surface area contributed by atoms with E-state index in [1.165, 1.54) is 11.1 Å². The minimum atomic E-state index is -0.573. The molecule has 18 heavy (non-hydrogen) atoms. The van der Waals surface area contributed by atoms with Gasteiger partial charge in [0.1, 0.15) is 0 Å². The Balaban J connectivity index is 2.07. The number of hydrogen-bond donors (Lipinski definition) is 3. The first-order chi connectivity index (χ1) is 8.62. The van der Waals surface area contributed by atoms with Gasteiger partial charge in [0.25, 0.3) is 0 Å². The van der Waals surface area contributed by atoms with Gasteiger partial charge < -0.3 is 15.5 Å². The van der Waals surface area contributed by atoms with Gasteiger partial charge in [0.15, 0.2) is 0 Å². The third-order valence-electron chi connectivity index (χ3n) is 3.89. The maximum atomic E-state index is 9.45. The van der Waals surface area contributed by atoms with Gasteiger partial charge in [-0.15, -0.1) is 0 Å². The standard InChI is InChI=1S/C14H20ClNO2/c1-2-14(8-17,9-18)16-13-6-10-3-4-12(15)5-11(10)7-13/h3-5,13,16-18H,2,6-9H2,1H3. The largest absolute Gasteiger partial charge is 0.394 e. The second kappa shape index (κ2) is 5.57. The Bertz CT molecular complexity index is 410. The summed E-state index contributed by atoms with van der Waals surface area (Å²) in [5.41, 5.74) is 2.00. The maximum Gasteiger partial charge on any atom is 0.0647 e. The number of rotatable bonds is 5. The van der Waals surface area contributed by atoms with Crippen molar-refractivity contribution in [1.82, 2.24) is 5.32 Å². The van der Waals surface area contributed by atoms with E-state index in [0.29, 0.717) is 6.42 Å². The third kappa shape index (κ3) is 2.69. The average molecular weight is 270 g/mol. The Labute approximate surface area is 113 Å². The molecule has 3 N–H and O–H groups in total. The molecule has 1 aliphatic carbocycles. The van der Waals surface area contributed by atoms with Gasteiger partial charge in [-0.2, -0.15) is 0 Å². The number of aliphatic hydroxyl groups is 2. The zero-order valence-corrected chi connectivity index (χ0v) is 11.4. The Kier molecular flexibility index (Phi) is 4.28. The van der Waals surface area contributed by atoms with Crippen LogP contribution in [-0.2, 0) is 12.8 Å².